The normalized spacial score (nSPS) is 20.1. The van der Waals surface area contributed by atoms with Gasteiger partial charge in [-0.1, -0.05) is 18.2 Å². The largest absolute Gasteiger partial charge is 0.508 e. The van der Waals surface area contributed by atoms with E-state index in [1.165, 1.54) is 0 Å². The van der Waals surface area contributed by atoms with Crippen molar-refractivity contribution in [3.8, 4) is 5.75 Å². The van der Waals surface area contributed by atoms with Crippen molar-refractivity contribution in [2.24, 2.45) is 0 Å². The van der Waals surface area contributed by atoms with E-state index in [1.807, 2.05) is 32.0 Å². The number of hydrogen-bond acceptors (Lipinski definition) is 6. The Morgan fingerprint density at radius 3 is 2.59 bits per heavy atom. The van der Waals surface area contributed by atoms with Crippen LogP contribution < -0.4 is 10.6 Å². The predicted octanol–water partition coefficient (Wildman–Crippen LogP) is 4.69. The van der Waals surface area contributed by atoms with Crippen molar-refractivity contribution in [1.29, 1.82) is 0 Å². The number of aryl methyl sites for hydroxylation is 1. The van der Waals surface area contributed by atoms with E-state index in [4.69, 9.17) is 4.42 Å². The average molecular weight is 456 g/mol. The molecule has 0 spiro atoms. The van der Waals surface area contributed by atoms with Crippen molar-refractivity contribution in [3.63, 3.8) is 0 Å². The van der Waals surface area contributed by atoms with Crippen LogP contribution in [0.5, 0.6) is 5.75 Å². The van der Waals surface area contributed by atoms with Gasteiger partial charge < -0.3 is 20.2 Å². The number of pyridine rings is 1. The van der Waals surface area contributed by atoms with E-state index in [0.29, 0.717) is 35.5 Å². The molecule has 2 aliphatic rings. The van der Waals surface area contributed by atoms with Gasteiger partial charge in [-0.2, -0.15) is 0 Å². The molecule has 0 bridgehead atoms. The molecule has 2 aromatic heterocycles. The van der Waals surface area contributed by atoms with E-state index in [0.717, 1.165) is 22.6 Å². The van der Waals surface area contributed by atoms with Gasteiger partial charge >= 0.3 is 0 Å². The Hall–Kier alpha value is -4.13. The molecule has 1 amide bonds. The summed E-state index contributed by atoms with van der Waals surface area (Å²) in [5, 5.41) is 16.0. The minimum Gasteiger partial charge on any atom is -0.508 e. The van der Waals surface area contributed by atoms with Crippen molar-refractivity contribution in [2.75, 3.05) is 5.32 Å². The van der Waals surface area contributed by atoms with Gasteiger partial charge in [0, 0.05) is 47.0 Å². The number of Topliss-reactive ketones (excluding diaryl/α,β-unsaturated/α-hetero) is 1. The van der Waals surface area contributed by atoms with Gasteiger partial charge in [0.25, 0.3) is 5.91 Å². The number of carbonyl (C=O) groups excluding carboxylic acids is 2. The van der Waals surface area contributed by atoms with Gasteiger partial charge in [0.05, 0.1) is 6.26 Å². The molecule has 0 fully saturated rings. The summed E-state index contributed by atoms with van der Waals surface area (Å²) in [4.78, 5) is 31.3. The molecule has 5 rings (SSSR count). The van der Waals surface area contributed by atoms with Crippen LogP contribution in [-0.4, -0.2) is 21.8 Å². The molecule has 3 N–H and O–H groups in total. The SMILES string of the molecule is CC1=C(C(=O)Nc2ccc(C)cn2)[C@H](c2ccc(O)cc2)C2=C(C[C@H](c3ccco3)CC2=O)N1. The minimum atomic E-state index is -0.563. The number of amides is 1. The van der Waals surface area contributed by atoms with Gasteiger partial charge in [0.2, 0.25) is 0 Å². The third-order valence-corrected chi connectivity index (χ3v) is 6.40. The number of aromatic hydroxyl groups is 1. The first-order chi connectivity index (χ1) is 16.4. The van der Waals surface area contributed by atoms with E-state index in [1.54, 1.807) is 42.8 Å². The third-order valence-electron chi connectivity index (χ3n) is 6.40. The molecular formula is C27H25N3O4. The van der Waals surface area contributed by atoms with Crippen molar-refractivity contribution < 1.29 is 19.1 Å². The zero-order valence-corrected chi connectivity index (χ0v) is 19.0. The molecule has 2 atom stereocenters. The molecule has 7 heteroatoms. The Kier molecular flexibility index (Phi) is 5.53. The zero-order valence-electron chi connectivity index (χ0n) is 19.0. The number of benzene rings is 1. The molecule has 3 aromatic rings. The van der Waals surface area contributed by atoms with Crippen LogP contribution in [0.3, 0.4) is 0 Å². The second-order valence-electron chi connectivity index (χ2n) is 8.80. The number of furan rings is 1. The summed E-state index contributed by atoms with van der Waals surface area (Å²) >= 11 is 0. The highest BCUT2D eigenvalue weighted by molar-refractivity contribution is 6.09. The lowest BCUT2D eigenvalue weighted by molar-refractivity contribution is -0.116. The summed E-state index contributed by atoms with van der Waals surface area (Å²) in [6, 6.07) is 14.0. The van der Waals surface area contributed by atoms with Crippen LogP contribution in [0.2, 0.25) is 0 Å². The molecule has 3 heterocycles. The molecule has 1 aromatic carbocycles. The van der Waals surface area contributed by atoms with Gasteiger partial charge in [-0.25, -0.2) is 4.98 Å². The molecule has 34 heavy (non-hydrogen) atoms. The first kappa shape index (κ1) is 21.7. The standard InChI is InChI=1S/C27H25N3O4/c1-15-5-10-23(28-14-15)30-27(33)24-16(2)29-20-12-18(22-4-3-11-34-22)13-21(32)26(20)25(24)17-6-8-19(31)9-7-17/h3-11,14,18,25,29,31H,12-13H2,1-2H3,(H,28,30,33)/t18-,25-/m0/s1. The smallest absolute Gasteiger partial charge is 0.255 e. The lowest BCUT2D eigenvalue weighted by Gasteiger charge is -2.36. The maximum atomic E-state index is 13.5. The highest BCUT2D eigenvalue weighted by atomic mass is 16.3. The second-order valence-corrected chi connectivity index (χ2v) is 8.80. The Morgan fingerprint density at radius 2 is 1.91 bits per heavy atom. The Morgan fingerprint density at radius 1 is 1.12 bits per heavy atom. The molecule has 0 saturated heterocycles. The first-order valence-electron chi connectivity index (χ1n) is 11.2. The van der Waals surface area contributed by atoms with Crippen LogP contribution in [0.1, 0.15) is 48.5 Å². The lowest BCUT2D eigenvalue weighted by Crippen LogP contribution is -2.37. The van der Waals surface area contributed by atoms with E-state index in [9.17, 15) is 14.7 Å². The number of anilines is 1. The van der Waals surface area contributed by atoms with Gasteiger partial charge in [-0.05, 0) is 61.7 Å². The zero-order chi connectivity index (χ0) is 23.8. The number of allylic oxidation sites excluding steroid dienone is 3. The van der Waals surface area contributed by atoms with Crippen molar-refractivity contribution in [3.05, 3.63) is 100 Å². The van der Waals surface area contributed by atoms with Gasteiger partial charge in [-0.15, -0.1) is 0 Å². The van der Waals surface area contributed by atoms with E-state index in [2.05, 4.69) is 15.6 Å². The number of aromatic nitrogens is 1. The monoisotopic (exact) mass is 455 g/mol. The molecular weight excluding hydrogens is 430 g/mol. The summed E-state index contributed by atoms with van der Waals surface area (Å²) in [6.45, 7) is 3.77. The molecule has 0 radical (unpaired) electrons. The Labute approximate surface area is 197 Å². The van der Waals surface area contributed by atoms with Gasteiger partial charge in [-0.3, -0.25) is 9.59 Å². The van der Waals surface area contributed by atoms with Crippen LogP contribution in [-0.2, 0) is 9.59 Å². The highest BCUT2D eigenvalue weighted by Gasteiger charge is 2.41. The number of rotatable bonds is 4. The maximum Gasteiger partial charge on any atom is 0.255 e. The van der Waals surface area contributed by atoms with Crippen LogP contribution >= 0.6 is 0 Å². The Bertz CT molecular complexity index is 1300. The van der Waals surface area contributed by atoms with E-state index < -0.39 is 5.92 Å². The van der Waals surface area contributed by atoms with E-state index >= 15 is 0 Å². The summed E-state index contributed by atoms with van der Waals surface area (Å²) in [5.41, 5.74) is 4.27. The van der Waals surface area contributed by atoms with E-state index in [-0.39, 0.29) is 23.4 Å². The minimum absolute atomic E-state index is 0.0283. The predicted molar refractivity (Wildman–Crippen MR) is 127 cm³/mol. The highest BCUT2D eigenvalue weighted by Crippen LogP contribution is 2.45. The van der Waals surface area contributed by atoms with Crippen LogP contribution in [0, 0.1) is 6.92 Å². The van der Waals surface area contributed by atoms with Gasteiger partial charge in [0.15, 0.2) is 5.78 Å². The number of phenolic OH excluding ortho intramolecular Hbond substituents is 1. The summed E-state index contributed by atoms with van der Waals surface area (Å²) < 4.78 is 5.57. The molecule has 0 unspecified atom stereocenters. The molecule has 1 aliphatic heterocycles. The number of carbonyl (C=O) groups is 2. The topological polar surface area (TPSA) is 104 Å². The fraction of sp³-hybridized carbons (Fsp3) is 0.222. The number of phenols is 1. The summed E-state index contributed by atoms with van der Waals surface area (Å²) in [5.74, 6) is 0.356. The van der Waals surface area contributed by atoms with Crippen molar-refractivity contribution in [2.45, 2.75) is 38.5 Å². The van der Waals surface area contributed by atoms with Crippen LogP contribution in [0.25, 0.3) is 0 Å². The van der Waals surface area contributed by atoms with Crippen molar-refractivity contribution >= 4 is 17.5 Å². The summed E-state index contributed by atoms with van der Waals surface area (Å²) in [7, 11) is 0. The molecule has 0 saturated carbocycles. The van der Waals surface area contributed by atoms with Crippen LogP contribution in [0.4, 0.5) is 5.82 Å². The number of dihydropyridines is 1. The number of nitrogens with one attached hydrogen (secondary N) is 2. The van der Waals surface area contributed by atoms with Crippen LogP contribution in [0.15, 0.2) is 87.9 Å². The number of ketones is 1. The molecule has 1 aliphatic carbocycles. The van der Waals surface area contributed by atoms with Gasteiger partial charge in [0.1, 0.15) is 17.3 Å². The second kappa shape index (κ2) is 8.67. The molecule has 172 valence electrons. The third kappa shape index (κ3) is 4.01. The fourth-order valence-electron chi connectivity index (χ4n) is 4.79. The molecule has 7 nitrogen and oxygen atoms in total. The first-order valence-corrected chi connectivity index (χ1v) is 11.2. The number of nitrogens with zero attached hydrogens (tertiary/aromatic N) is 1. The summed E-state index contributed by atoms with van der Waals surface area (Å²) in [6.07, 6.45) is 4.21. The number of hydrogen-bond donors (Lipinski definition) is 3. The average Bonchev–Trinajstić information content (AvgIpc) is 3.35. The fourth-order valence-corrected chi connectivity index (χ4v) is 4.79. The quantitative estimate of drug-likeness (QED) is 0.527. The maximum absolute atomic E-state index is 13.5. The lowest BCUT2D eigenvalue weighted by atomic mass is 9.72. The Balaban J connectivity index is 1.55. The van der Waals surface area contributed by atoms with Crippen molar-refractivity contribution in [1.82, 2.24) is 10.3 Å².